The molecule has 0 atom stereocenters. The number of nitrogens with zero attached hydrogens (tertiary/aromatic N) is 3. The number of rotatable bonds is 3. The summed E-state index contributed by atoms with van der Waals surface area (Å²) in [4.78, 5) is 26.2. The number of carbonyl (C=O) groups excluding carboxylic acids is 1. The summed E-state index contributed by atoms with van der Waals surface area (Å²) >= 11 is 1.27. The van der Waals surface area contributed by atoms with Gasteiger partial charge in [0.1, 0.15) is 6.54 Å². The lowest BCUT2D eigenvalue weighted by Gasteiger charge is -2.33. The number of fused-ring (bicyclic) bond motifs is 1. The van der Waals surface area contributed by atoms with Crippen molar-refractivity contribution in [3.63, 3.8) is 0 Å². The molecule has 124 valence electrons. The molecule has 23 heavy (non-hydrogen) atoms. The fraction of sp³-hybridized carbons (Fsp3) is 0.429. The highest BCUT2D eigenvalue weighted by atomic mass is 32.2. The topological polar surface area (TPSA) is 79.7 Å². The van der Waals surface area contributed by atoms with E-state index in [1.54, 1.807) is 17.0 Å². The Hall–Kier alpha value is -1.71. The molecule has 0 aliphatic carbocycles. The maximum Gasteiger partial charge on any atom is 0.268 e. The maximum absolute atomic E-state index is 12.4. The number of hydrogen-bond donors (Lipinski definition) is 0. The highest BCUT2D eigenvalue weighted by Crippen LogP contribution is 2.16. The fourth-order valence-electron chi connectivity index (χ4n) is 2.61. The summed E-state index contributed by atoms with van der Waals surface area (Å²) in [6, 6.07) is 7.26. The summed E-state index contributed by atoms with van der Waals surface area (Å²) in [6.07, 6.45) is 1.17. The molecule has 0 spiro atoms. The van der Waals surface area contributed by atoms with Crippen molar-refractivity contribution in [1.82, 2.24) is 13.2 Å². The third kappa shape index (κ3) is 3.31. The number of amides is 1. The van der Waals surface area contributed by atoms with Crippen molar-refractivity contribution in [2.45, 2.75) is 6.54 Å². The zero-order valence-corrected chi connectivity index (χ0v) is 14.3. The Kier molecular flexibility index (Phi) is 4.26. The molecule has 2 aromatic rings. The minimum atomic E-state index is -3.22. The van der Waals surface area contributed by atoms with Gasteiger partial charge >= 0.3 is 0 Å². The molecular formula is C14H17N3O4S2. The molecular weight excluding hydrogens is 338 g/mol. The lowest BCUT2D eigenvalue weighted by atomic mass is 10.3. The average Bonchev–Trinajstić information content (AvgIpc) is 2.83. The maximum atomic E-state index is 12.4. The Balaban J connectivity index is 1.70. The molecule has 0 radical (unpaired) electrons. The number of carbonyl (C=O) groups is 1. The van der Waals surface area contributed by atoms with Crippen molar-refractivity contribution >= 4 is 37.5 Å². The third-order valence-electron chi connectivity index (χ3n) is 3.89. The number of hydrogen-bond acceptors (Lipinski definition) is 5. The van der Waals surface area contributed by atoms with Gasteiger partial charge in [-0.05, 0) is 12.1 Å². The Morgan fingerprint density at radius 2 is 1.83 bits per heavy atom. The molecule has 0 N–H and O–H groups in total. The van der Waals surface area contributed by atoms with Crippen LogP contribution in [-0.2, 0) is 21.4 Å². The highest BCUT2D eigenvalue weighted by molar-refractivity contribution is 7.88. The van der Waals surface area contributed by atoms with Crippen molar-refractivity contribution in [3.05, 3.63) is 34.6 Å². The zero-order valence-electron chi connectivity index (χ0n) is 12.6. The van der Waals surface area contributed by atoms with Crippen molar-refractivity contribution in [3.8, 4) is 0 Å². The van der Waals surface area contributed by atoms with E-state index in [9.17, 15) is 18.0 Å². The molecule has 1 amide bonds. The van der Waals surface area contributed by atoms with Crippen molar-refractivity contribution in [2.24, 2.45) is 0 Å². The zero-order chi connectivity index (χ0) is 16.6. The van der Waals surface area contributed by atoms with Gasteiger partial charge < -0.3 is 4.90 Å². The molecule has 3 rings (SSSR count). The molecule has 1 aliphatic heterocycles. The number of benzene rings is 1. The molecule has 1 aromatic heterocycles. The van der Waals surface area contributed by atoms with Crippen LogP contribution in [0.5, 0.6) is 0 Å². The first-order valence-electron chi connectivity index (χ1n) is 7.18. The quantitative estimate of drug-likeness (QED) is 0.786. The van der Waals surface area contributed by atoms with Gasteiger partial charge in [-0.2, -0.15) is 4.31 Å². The minimum Gasteiger partial charge on any atom is -0.338 e. The van der Waals surface area contributed by atoms with Gasteiger partial charge in [0, 0.05) is 26.2 Å². The smallest absolute Gasteiger partial charge is 0.268 e. The van der Waals surface area contributed by atoms with Crippen LogP contribution in [0.15, 0.2) is 29.1 Å². The molecule has 2 heterocycles. The number of piperazine rings is 1. The SMILES string of the molecule is CS(=O)(=O)N1CCN(C(=O)Cn2sc3ccccc3c2=O)CC1. The van der Waals surface area contributed by atoms with E-state index in [0.717, 1.165) is 4.70 Å². The first-order valence-corrected chi connectivity index (χ1v) is 9.80. The van der Waals surface area contributed by atoms with Crippen LogP contribution in [0.1, 0.15) is 0 Å². The first kappa shape index (κ1) is 16.2. The van der Waals surface area contributed by atoms with E-state index >= 15 is 0 Å². The summed E-state index contributed by atoms with van der Waals surface area (Å²) in [5.41, 5.74) is -0.159. The van der Waals surface area contributed by atoms with Gasteiger partial charge in [-0.15, -0.1) is 0 Å². The second kappa shape index (κ2) is 6.06. The monoisotopic (exact) mass is 355 g/mol. The van der Waals surface area contributed by atoms with E-state index in [0.29, 0.717) is 31.6 Å². The standard InChI is InChI=1S/C14H17N3O4S2/c1-23(20,21)16-8-6-15(7-9-16)13(18)10-17-14(19)11-4-2-3-5-12(11)22-17/h2-5H,6-10H2,1H3. The summed E-state index contributed by atoms with van der Waals surface area (Å²) in [5, 5.41) is 0.618. The average molecular weight is 355 g/mol. The van der Waals surface area contributed by atoms with Gasteiger partial charge in [-0.25, -0.2) is 8.42 Å². The van der Waals surface area contributed by atoms with Crippen LogP contribution in [0, 0.1) is 0 Å². The second-order valence-corrected chi connectivity index (χ2v) is 8.52. The molecule has 0 bridgehead atoms. The van der Waals surface area contributed by atoms with Crippen LogP contribution >= 0.6 is 11.5 Å². The summed E-state index contributed by atoms with van der Waals surface area (Å²) in [7, 11) is -3.22. The molecule has 1 saturated heterocycles. The van der Waals surface area contributed by atoms with Gasteiger partial charge in [0.05, 0.1) is 16.3 Å². The molecule has 1 fully saturated rings. The van der Waals surface area contributed by atoms with Crippen molar-refractivity contribution in [2.75, 3.05) is 32.4 Å². The summed E-state index contributed by atoms with van der Waals surface area (Å²) < 4.78 is 26.6. The van der Waals surface area contributed by atoms with Crippen molar-refractivity contribution in [1.29, 1.82) is 0 Å². The van der Waals surface area contributed by atoms with Gasteiger partial charge in [-0.1, -0.05) is 23.7 Å². The van der Waals surface area contributed by atoms with Crippen LogP contribution in [0.25, 0.3) is 10.1 Å². The van der Waals surface area contributed by atoms with Gasteiger partial charge in [0.15, 0.2) is 0 Å². The predicted molar refractivity (Wildman–Crippen MR) is 89.1 cm³/mol. The van der Waals surface area contributed by atoms with E-state index in [-0.39, 0.29) is 18.0 Å². The lowest BCUT2D eigenvalue weighted by molar-refractivity contribution is -0.132. The van der Waals surface area contributed by atoms with E-state index in [1.807, 2.05) is 12.1 Å². The molecule has 0 unspecified atom stereocenters. The van der Waals surface area contributed by atoms with Gasteiger partial charge in [-0.3, -0.25) is 13.5 Å². The predicted octanol–water partition coefficient (Wildman–Crippen LogP) is 0.167. The lowest BCUT2D eigenvalue weighted by Crippen LogP contribution is -2.51. The normalized spacial score (nSPS) is 16.8. The number of aromatic nitrogens is 1. The largest absolute Gasteiger partial charge is 0.338 e. The summed E-state index contributed by atoms with van der Waals surface area (Å²) in [5.74, 6) is -0.160. The van der Waals surface area contributed by atoms with E-state index in [1.165, 1.54) is 26.1 Å². The van der Waals surface area contributed by atoms with E-state index < -0.39 is 10.0 Å². The van der Waals surface area contributed by atoms with E-state index in [4.69, 9.17) is 0 Å². The first-order chi connectivity index (χ1) is 10.9. The minimum absolute atomic E-state index is 0.00292. The van der Waals surface area contributed by atoms with E-state index in [2.05, 4.69) is 0 Å². The molecule has 9 heteroatoms. The third-order valence-corrected chi connectivity index (χ3v) is 6.26. The molecule has 1 aliphatic rings. The highest BCUT2D eigenvalue weighted by Gasteiger charge is 2.26. The molecule has 7 nitrogen and oxygen atoms in total. The van der Waals surface area contributed by atoms with Gasteiger partial charge in [0.25, 0.3) is 5.56 Å². The van der Waals surface area contributed by atoms with Crippen LogP contribution < -0.4 is 5.56 Å². The molecule has 0 saturated carbocycles. The Labute approximate surface area is 137 Å². The number of sulfonamides is 1. The Morgan fingerprint density at radius 3 is 2.43 bits per heavy atom. The van der Waals surface area contributed by atoms with Crippen LogP contribution in [0.3, 0.4) is 0 Å². The molecule has 1 aromatic carbocycles. The van der Waals surface area contributed by atoms with Crippen LogP contribution in [0.2, 0.25) is 0 Å². The second-order valence-electron chi connectivity index (χ2n) is 5.47. The fourth-order valence-corrected chi connectivity index (χ4v) is 4.43. The Bertz CT molecular complexity index is 892. The van der Waals surface area contributed by atoms with Crippen LogP contribution in [-0.4, -0.2) is 59.9 Å². The summed E-state index contributed by atoms with van der Waals surface area (Å²) in [6.45, 7) is 1.30. The van der Waals surface area contributed by atoms with Crippen LogP contribution in [0.4, 0.5) is 0 Å². The Morgan fingerprint density at radius 1 is 1.17 bits per heavy atom. The van der Waals surface area contributed by atoms with Crippen molar-refractivity contribution < 1.29 is 13.2 Å². The van der Waals surface area contributed by atoms with Gasteiger partial charge in [0.2, 0.25) is 15.9 Å².